The van der Waals surface area contributed by atoms with Crippen molar-refractivity contribution in [2.45, 2.75) is 57.7 Å². The number of methoxy groups -OCH3 is 1. The number of aromatic nitrogens is 4. The number of nitrogens with one attached hydrogen (secondary N) is 2. The molecule has 5 heterocycles. The lowest BCUT2D eigenvalue weighted by Crippen LogP contribution is -2.35. The van der Waals surface area contributed by atoms with E-state index < -0.39 is 38.6 Å². The Hall–Kier alpha value is -2.89. The van der Waals surface area contributed by atoms with E-state index in [9.17, 15) is 9.59 Å². The highest BCUT2D eigenvalue weighted by atomic mass is 31.2. The van der Waals surface area contributed by atoms with E-state index in [2.05, 4.69) is 37.1 Å². The fraction of sp³-hybridized carbons (Fsp3) is 0.500. The number of rotatable bonds is 6. The third-order valence-corrected chi connectivity index (χ3v) is 8.52. The number of nitrogens with zero attached hydrogens (tertiary/aromatic N) is 4. The van der Waals surface area contributed by atoms with Gasteiger partial charge < -0.3 is 23.2 Å². The van der Waals surface area contributed by atoms with E-state index in [0.717, 1.165) is 12.1 Å². The van der Waals surface area contributed by atoms with Crippen LogP contribution >= 0.6 is 8.53 Å². The normalized spacial score (nSPS) is 29.1. The van der Waals surface area contributed by atoms with Crippen molar-refractivity contribution in [2.24, 2.45) is 5.92 Å². The van der Waals surface area contributed by atoms with Gasteiger partial charge in [0.25, 0.3) is 14.1 Å². The van der Waals surface area contributed by atoms with Crippen LogP contribution in [0.1, 0.15) is 33.9 Å². The summed E-state index contributed by atoms with van der Waals surface area (Å²) >= 11 is 0. The van der Waals surface area contributed by atoms with Crippen LogP contribution in [0.3, 0.4) is 0 Å². The Labute approximate surface area is 215 Å². The Morgan fingerprint density at radius 3 is 2.97 bits per heavy atom. The fourth-order valence-electron chi connectivity index (χ4n) is 4.93. The number of benzene rings is 1. The van der Waals surface area contributed by atoms with Crippen LogP contribution in [-0.4, -0.2) is 63.5 Å². The monoisotopic (exact) mass is 529 g/mol. The number of anilines is 2. The highest BCUT2D eigenvalue weighted by Crippen LogP contribution is 2.58. The van der Waals surface area contributed by atoms with E-state index in [-0.39, 0.29) is 41.9 Å². The molecule has 3 aliphatic rings. The Kier molecular flexibility index (Phi) is 5.94. The van der Waals surface area contributed by atoms with Crippen molar-refractivity contribution in [3.05, 3.63) is 46.5 Å². The summed E-state index contributed by atoms with van der Waals surface area (Å²) in [6.07, 6.45) is -0.292. The SMILES string of the molecule is [2H]CC1OC(n2cnc3c(=O)[nH]c(NC(=O)C(C)C)nc32)C(OC)C1O[P@@]1OC[C@H]2Cc3ccccc3N21. The summed E-state index contributed by atoms with van der Waals surface area (Å²) in [5, 5.41) is 2.62. The molecule has 1 amide bonds. The van der Waals surface area contributed by atoms with E-state index in [1.165, 1.54) is 11.9 Å². The number of imidazole rings is 1. The molecule has 37 heavy (non-hydrogen) atoms. The van der Waals surface area contributed by atoms with E-state index >= 15 is 0 Å². The maximum Gasteiger partial charge on any atom is 0.290 e. The van der Waals surface area contributed by atoms with Gasteiger partial charge in [-0.3, -0.25) is 24.5 Å². The molecule has 0 bridgehead atoms. The molecule has 6 rings (SSSR count). The second kappa shape index (κ2) is 9.45. The quantitative estimate of drug-likeness (QED) is 0.463. The maximum absolute atomic E-state index is 12.7. The van der Waals surface area contributed by atoms with Gasteiger partial charge in [-0.05, 0) is 25.0 Å². The number of fused-ring (bicyclic) bond motifs is 4. The highest BCUT2D eigenvalue weighted by Gasteiger charge is 2.50. The molecular formula is C24H29N6O6P. The molecule has 2 N–H and O–H groups in total. The molecule has 0 aliphatic carbocycles. The Morgan fingerprint density at radius 2 is 2.19 bits per heavy atom. The number of ether oxygens (including phenoxy) is 2. The lowest BCUT2D eigenvalue weighted by molar-refractivity contribution is -0.118. The summed E-state index contributed by atoms with van der Waals surface area (Å²) in [7, 11) is 0.111. The summed E-state index contributed by atoms with van der Waals surface area (Å²) in [5.41, 5.74) is 2.19. The van der Waals surface area contributed by atoms with Gasteiger partial charge in [-0.1, -0.05) is 32.0 Å². The average Bonchev–Trinajstić information content (AvgIpc) is 3.66. The minimum absolute atomic E-state index is 0.0151. The van der Waals surface area contributed by atoms with Crippen molar-refractivity contribution >= 4 is 37.2 Å². The predicted octanol–water partition coefficient (Wildman–Crippen LogP) is 2.72. The molecule has 196 valence electrons. The first kappa shape index (κ1) is 23.2. The number of H-pyrrole nitrogens is 1. The van der Waals surface area contributed by atoms with E-state index in [1.807, 2.05) is 12.1 Å². The number of carbonyl (C=O) groups excluding carboxylic acids is 1. The van der Waals surface area contributed by atoms with Gasteiger partial charge >= 0.3 is 0 Å². The van der Waals surface area contributed by atoms with Gasteiger partial charge in [0.2, 0.25) is 11.9 Å². The second-order valence-corrected chi connectivity index (χ2v) is 11.0. The van der Waals surface area contributed by atoms with Gasteiger partial charge in [0.1, 0.15) is 12.2 Å². The third kappa shape index (κ3) is 4.13. The third-order valence-electron chi connectivity index (χ3n) is 6.84. The molecular weight excluding hydrogens is 499 g/mol. The summed E-state index contributed by atoms with van der Waals surface area (Å²) in [6, 6.07) is 8.44. The van der Waals surface area contributed by atoms with E-state index in [0.29, 0.717) is 6.61 Å². The van der Waals surface area contributed by atoms with Crippen LogP contribution in [0, 0.1) is 5.92 Å². The van der Waals surface area contributed by atoms with Crippen LogP contribution in [0.15, 0.2) is 35.4 Å². The van der Waals surface area contributed by atoms with Crippen molar-refractivity contribution < 1.29 is 24.7 Å². The number of amides is 1. The highest BCUT2D eigenvalue weighted by molar-refractivity contribution is 7.49. The smallest absolute Gasteiger partial charge is 0.290 e. The van der Waals surface area contributed by atoms with Gasteiger partial charge in [-0.2, -0.15) is 4.98 Å². The molecule has 0 saturated carbocycles. The summed E-state index contributed by atoms with van der Waals surface area (Å²) in [6.45, 7) is 3.97. The number of carbonyl (C=O) groups is 1. The summed E-state index contributed by atoms with van der Waals surface area (Å²) in [5.74, 6) is -0.565. The minimum Gasteiger partial charge on any atom is -0.374 e. The first-order chi connectivity index (χ1) is 18.4. The average molecular weight is 530 g/mol. The zero-order valence-corrected chi connectivity index (χ0v) is 21.6. The molecule has 12 nitrogen and oxygen atoms in total. The lowest BCUT2D eigenvalue weighted by atomic mass is 10.1. The largest absolute Gasteiger partial charge is 0.374 e. The van der Waals surface area contributed by atoms with Crippen LogP contribution in [0.5, 0.6) is 0 Å². The Balaban J connectivity index is 1.30. The van der Waals surface area contributed by atoms with Crippen molar-refractivity contribution in [3.8, 4) is 0 Å². The van der Waals surface area contributed by atoms with Crippen LogP contribution in [0.25, 0.3) is 11.2 Å². The van der Waals surface area contributed by atoms with Gasteiger partial charge in [-0.15, -0.1) is 0 Å². The number of para-hydroxylation sites is 1. The van der Waals surface area contributed by atoms with Crippen LogP contribution < -0.4 is 15.5 Å². The van der Waals surface area contributed by atoms with E-state index in [1.54, 1.807) is 25.5 Å². The minimum atomic E-state index is -1.44. The number of aromatic amines is 1. The summed E-state index contributed by atoms with van der Waals surface area (Å²) in [4.78, 5) is 36.1. The van der Waals surface area contributed by atoms with Gasteiger partial charge in [0, 0.05) is 20.1 Å². The molecule has 0 radical (unpaired) electrons. The molecule has 2 fully saturated rings. The molecule has 0 spiro atoms. The van der Waals surface area contributed by atoms with Crippen molar-refractivity contribution in [1.82, 2.24) is 19.5 Å². The molecule has 6 atom stereocenters. The molecule has 1 aromatic carbocycles. The summed E-state index contributed by atoms with van der Waals surface area (Å²) < 4.78 is 36.7. The fourth-order valence-corrected chi connectivity index (χ4v) is 6.77. The number of hydrogen-bond donors (Lipinski definition) is 2. The van der Waals surface area contributed by atoms with Crippen LogP contribution in [-0.2, 0) is 29.7 Å². The maximum atomic E-state index is 12.7. The van der Waals surface area contributed by atoms with Crippen molar-refractivity contribution in [3.63, 3.8) is 0 Å². The zero-order chi connectivity index (χ0) is 26.6. The van der Waals surface area contributed by atoms with Crippen LogP contribution in [0.2, 0.25) is 0 Å². The Morgan fingerprint density at radius 1 is 1.35 bits per heavy atom. The van der Waals surface area contributed by atoms with E-state index in [4.69, 9.17) is 19.9 Å². The second-order valence-electron chi connectivity index (χ2n) is 9.58. The molecule has 3 aromatic rings. The van der Waals surface area contributed by atoms with Gasteiger partial charge in [0.15, 0.2) is 17.4 Å². The van der Waals surface area contributed by atoms with Gasteiger partial charge in [0.05, 0.1) is 25.1 Å². The zero-order valence-electron chi connectivity index (χ0n) is 21.7. The molecule has 4 unspecified atom stereocenters. The van der Waals surface area contributed by atoms with Crippen LogP contribution in [0.4, 0.5) is 11.6 Å². The predicted molar refractivity (Wildman–Crippen MR) is 136 cm³/mol. The Bertz CT molecular complexity index is 1420. The molecule has 2 saturated heterocycles. The van der Waals surface area contributed by atoms with Crippen molar-refractivity contribution in [1.29, 1.82) is 0 Å². The molecule has 3 aliphatic heterocycles. The number of hydrogen-bond acceptors (Lipinski definition) is 9. The van der Waals surface area contributed by atoms with Gasteiger partial charge in [-0.25, -0.2) is 4.98 Å². The first-order valence-electron chi connectivity index (χ1n) is 12.8. The molecule has 2 aromatic heterocycles. The standard InChI is InChI=1S/C24H29N6O6P/c1-12(2)21(31)27-24-26-20-17(22(32)28-24)25-11-29(20)23-19(33-4)18(13(3)35-23)36-37-30-15(10-34-37)9-14-7-5-6-8-16(14)30/h5-8,11-13,15,18-19,23H,9-10H2,1-4H3,(H2,26,27,28,31,32)/t13?,15-,18?,19?,23?,37-/m1/s1/i3D. The van der Waals surface area contributed by atoms with Crippen molar-refractivity contribution in [2.75, 3.05) is 23.7 Å². The topological polar surface area (TPSA) is 133 Å². The first-order valence-corrected chi connectivity index (χ1v) is 13.2. The molecule has 13 heteroatoms. The lowest BCUT2D eigenvalue weighted by Gasteiger charge is -2.29.